The number of carbonyl (C=O) groups is 1. The number of thioether (sulfide) groups is 1. The Labute approximate surface area is 197 Å². The van der Waals surface area contributed by atoms with Crippen molar-refractivity contribution in [3.8, 4) is 11.5 Å². The fraction of sp³-hybridized carbons (Fsp3) is 0.154. The van der Waals surface area contributed by atoms with Gasteiger partial charge < -0.3 is 9.47 Å². The van der Waals surface area contributed by atoms with Gasteiger partial charge in [-0.05, 0) is 48.0 Å². The van der Waals surface area contributed by atoms with Crippen LogP contribution in [0.2, 0.25) is 0 Å². The lowest BCUT2D eigenvalue weighted by Crippen LogP contribution is -2.27. The van der Waals surface area contributed by atoms with Crippen molar-refractivity contribution in [1.29, 1.82) is 0 Å². The predicted octanol–water partition coefficient (Wildman–Crippen LogP) is 6.19. The molecule has 0 saturated carbocycles. The molecule has 1 fully saturated rings. The van der Waals surface area contributed by atoms with Crippen molar-refractivity contribution in [2.24, 2.45) is 5.92 Å². The number of thiocarbonyl (C=S) groups is 1. The summed E-state index contributed by atoms with van der Waals surface area (Å²) in [6.45, 7) is 3.24. The zero-order valence-corrected chi connectivity index (χ0v) is 19.3. The molecule has 162 valence electrons. The number of rotatable bonds is 8. The topological polar surface area (TPSA) is 38.8 Å². The van der Waals surface area contributed by atoms with E-state index in [1.54, 1.807) is 4.90 Å². The third kappa shape index (κ3) is 5.58. The van der Waals surface area contributed by atoms with Crippen LogP contribution in [0.15, 0.2) is 89.8 Å². The first-order valence-corrected chi connectivity index (χ1v) is 11.6. The number of hydrogen-bond donors (Lipinski definition) is 0. The van der Waals surface area contributed by atoms with Crippen molar-refractivity contribution >= 4 is 46.0 Å². The van der Waals surface area contributed by atoms with Gasteiger partial charge in [-0.3, -0.25) is 9.69 Å². The van der Waals surface area contributed by atoms with Gasteiger partial charge in [-0.15, -0.1) is 0 Å². The highest BCUT2D eigenvalue weighted by molar-refractivity contribution is 8.27. The van der Waals surface area contributed by atoms with Crippen molar-refractivity contribution < 1.29 is 14.3 Å². The van der Waals surface area contributed by atoms with E-state index < -0.39 is 0 Å². The van der Waals surface area contributed by atoms with Crippen LogP contribution in [0.5, 0.6) is 11.5 Å². The summed E-state index contributed by atoms with van der Waals surface area (Å²) in [4.78, 5) is 15.0. The first-order chi connectivity index (χ1) is 15.6. The Morgan fingerprint density at radius 3 is 2.06 bits per heavy atom. The van der Waals surface area contributed by atoms with Gasteiger partial charge in [0.1, 0.15) is 11.5 Å². The van der Waals surface area contributed by atoms with E-state index in [0.717, 1.165) is 22.7 Å². The average Bonchev–Trinajstić information content (AvgIpc) is 3.11. The van der Waals surface area contributed by atoms with Crippen LogP contribution in [0.3, 0.4) is 0 Å². The fourth-order valence-electron chi connectivity index (χ4n) is 3.12. The molecule has 4 nitrogen and oxygen atoms in total. The number of carbonyl (C=O) groups excluding carboxylic acids is 1. The van der Waals surface area contributed by atoms with Crippen LogP contribution in [-0.4, -0.2) is 23.4 Å². The van der Waals surface area contributed by atoms with Gasteiger partial charge in [0.2, 0.25) is 0 Å². The summed E-state index contributed by atoms with van der Waals surface area (Å²) in [7, 11) is 0. The standard InChI is InChI=1S/C26H23NO3S2/c1-19(17-29-22-10-6-3-7-11-22)18-30-23-14-12-20(13-15-23)16-24-25(28)27(26(31)32-24)21-8-4-2-5-9-21/h2-16,19H,17-18H2,1H3/b24-16-/t19-/m0/s1. The molecule has 6 heteroatoms. The SMILES string of the molecule is C[C@@H](COc1ccccc1)COc1ccc(/C=C2\SC(=S)N(c3ccccc3)C2=O)cc1. The summed E-state index contributed by atoms with van der Waals surface area (Å²) in [6, 6.07) is 26.9. The molecule has 3 aromatic rings. The summed E-state index contributed by atoms with van der Waals surface area (Å²) in [5.41, 5.74) is 1.71. The Hall–Kier alpha value is -3.09. The lowest BCUT2D eigenvalue weighted by molar-refractivity contribution is -0.113. The van der Waals surface area contributed by atoms with Crippen molar-refractivity contribution in [3.63, 3.8) is 0 Å². The molecular weight excluding hydrogens is 438 g/mol. The Bertz CT molecular complexity index is 1100. The molecule has 0 radical (unpaired) electrons. The molecule has 1 saturated heterocycles. The number of ether oxygens (including phenoxy) is 2. The van der Waals surface area contributed by atoms with Crippen molar-refractivity contribution in [2.45, 2.75) is 6.92 Å². The fourth-order valence-corrected chi connectivity index (χ4v) is 4.42. The first kappa shape index (κ1) is 22.1. The molecule has 0 aromatic heterocycles. The van der Waals surface area contributed by atoms with Crippen molar-refractivity contribution in [3.05, 3.63) is 95.4 Å². The zero-order valence-electron chi connectivity index (χ0n) is 17.6. The number of benzene rings is 3. The summed E-state index contributed by atoms with van der Waals surface area (Å²) in [5.74, 6) is 1.79. The summed E-state index contributed by atoms with van der Waals surface area (Å²) < 4.78 is 12.2. The number of hydrogen-bond acceptors (Lipinski definition) is 5. The maximum absolute atomic E-state index is 12.8. The largest absolute Gasteiger partial charge is 0.493 e. The number of para-hydroxylation sites is 2. The van der Waals surface area contributed by atoms with Gasteiger partial charge in [0.25, 0.3) is 5.91 Å². The molecule has 3 aromatic carbocycles. The minimum atomic E-state index is -0.0984. The molecule has 0 spiro atoms. The van der Waals surface area contributed by atoms with Crippen molar-refractivity contribution in [2.75, 3.05) is 18.1 Å². The van der Waals surface area contributed by atoms with Crippen LogP contribution in [0.4, 0.5) is 5.69 Å². The van der Waals surface area contributed by atoms with Crippen LogP contribution >= 0.6 is 24.0 Å². The van der Waals surface area contributed by atoms with Crippen molar-refractivity contribution in [1.82, 2.24) is 0 Å². The number of amides is 1. The Balaban J connectivity index is 1.32. The molecule has 0 unspecified atom stereocenters. The smallest absolute Gasteiger partial charge is 0.270 e. The second kappa shape index (κ2) is 10.5. The molecule has 1 heterocycles. The first-order valence-electron chi connectivity index (χ1n) is 10.3. The molecule has 4 rings (SSSR count). The third-order valence-corrected chi connectivity index (χ3v) is 6.10. The minimum Gasteiger partial charge on any atom is -0.493 e. The van der Waals surface area contributed by atoms with Gasteiger partial charge in [0.15, 0.2) is 4.32 Å². The van der Waals surface area contributed by atoms with Gasteiger partial charge in [0.05, 0.1) is 23.8 Å². The molecule has 1 atom stereocenters. The van der Waals surface area contributed by atoms with E-state index in [4.69, 9.17) is 21.7 Å². The normalized spacial score (nSPS) is 15.8. The molecule has 1 amide bonds. The second-order valence-corrected chi connectivity index (χ2v) is 9.14. The highest BCUT2D eigenvalue weighted by Gasteiger charge is 2.33. The van der Waals surface area contributed by atoms with Gasteiger partial charge in [0, 0.05) is 5.92 Å². The molecule has 0 N–H and O–H groups in total. The van der Waals surface area contributed by atoms with E-state index in [0.29, 0.717) is 22.4 Å². The van der Waals surface area contributed by atoms with Crippen LogP contribution in [0, 0.1) is 5.92 Å². The molecule has 1 aliphatic rings. The monoisotopic (exact) mass is 461 g/mol. The second-order valence-electron chi connectivity index (χ2n) is 7.46. The predicted molar refractivity (Wildman–Crippen MR) is 135 cm³/mol. The van der Waals surface area contributed by atoms with Gasteiger partial charge in [-0.2, -0.15) is 0 Å². The van der Waals surface area contributed by atoms with Gasteiger partial charge >= 0.3 is 0 Å². The minimum absolute atomic E-state index is 0.0984. The lowest BCUT2D eigenvalue weighted by Gasteiger charge is -2.14. The van der Waals surface area contributed by atoms with Crippen LogP contribution in [0.25, 0.3) is 6.08 Å². The Morgan fingerprint density at radius 1 is 0.875 bits per heavy atom. The van der Waals surface area contributed by atoms with E-state index in [2.05, 4.69) is 6.92 Å². The summed E-state index contributed by atoms with van der Waals surface area (Å²) >= 11 is 6.74. The number of anilines is 1. The molecule has 1 aliphatic heterocycles. The van der Waals surface area contributed by atoms with E-state index in [-0.39, 0.29) is 11.8 Å². The molecule has 0 bridgehead atoms. The highest BCUT2D eigenvalue weighted by atomic mass is 32.2. The zero-order chi connectivity index (χ0) is 22.3. The molecular formula is C26H23NO3S2. The molecule has 0 aliphatic carbocycles. The van der Waals surface area contributed by atoms with Gasteiger partial charge in [-0.1, -0.05) is 79.4 Å². The van der Waals surface area contributed by atoms with Crippen LogP contribution in [0.1, 0.15) is 12.5 Å². The van der Waals surface area contributed by atoms with E-state index in [9.17, 15) is 4.79 Å². The average molecular weight is 462 g/mol. The maximum atomic E-state index is 12.8. The lowest BCUT2D eigenvalue weighted by atomic mass is 10.2. The number of nitrogens with zero attached hydrogens (tertiary/aromatic N) is 1. The van der Waals surface area contributed by atoms with E-state index in [1.807, 2.05) is 91.0 Å². The van der Waals surface area contributed by atoms with Gasteiger partial charge in [-0.25, -0.2) is 0 Å². The van der Waals surface area contributed by atoms with Crippen LogP contribution in [-0.2, 0) is 4.79 Å². The van der Waals surface area contributed by atoms with Crippen LogP contribution < -0.4 is 14.4 Å². The van der Waals surface area contributed by atoms with E-state index in [1.165, 1.54) is 11.8 Å². The molecule has 32 heavy (non-hydrogen) atoms. The highest BCUT2D eigenvalue weighted by Crippen LogP contribution is 2.36. The quantitative estimate of drug-likeness (QED) is 0.296. The summed E-state index contributed by atoms with van der Waals surface area (Å²) in [6.07, 6.45) is 1.86. The summed E-state index contributed by atoms with van der Waals surface area (Å²) in [5, 5.41) is 0. The van der Waals surface area contributed by atoms with E-state index >= 15 is 0 Å². The third-order valence-electron chi connectivity index (χ3n) is 4.80. The Morgan fingerprint density at radius 2 is 1.44 bits per heavy atom. The maximum Gasteiger partial charge on any atom is 0.270 e. The Kier molecular flexibility index (Phi) is 7.24.